The number of benzene rings is 1. The lowest BCUT2D eigenvalue weighted by molar-refractivity contribution is -0.141. The molecule has 0 aliphatic heterocycles. The van der Waals surface area contributed by atoms with Crippen LogP contribution in [0.15, 0.2) is 30.3 Å². The van der Waals surface area contributed by atoms with Crippen molar-refractivity contribution in [2.75, 3.05) is 7.05 Å². The molecule has 2 aromatic heterocycles. The number of likely N-dealkylation sites (N-methyl/N-ethyl adjacent to an activating group) is 1. The summed E-state index contributed by atoms with van der Waals surface area (Å²) in [5.41, 5.74) is 7.28. The summed E-state index contributed by atoms with van der Waals surface area (Å²) in [5, 5.41) is 23.6. The molecule has 1 aliphatic carbocycles. The van der Waals surface area contributed by atoms with Crippen molar-refractivity contribution in [3.63, 3.8) is 0 Å². The Kier molecular flexibility index (Phi) is 5.96. The van der Waals surface area contributed by atoms with Crippen LogP contribution >= 0.6 is 0 Å². The number of nitrogens with two attached hydrogens (primary N) is 1. The number of H-pyrrole nitrogens is 1. The Morgan fingerprint density at radius 1 is 1.30 bits per heavy atom. The van der Waals surface area contributed by atoms with Gasteiger partial charge in [-0.15, -0.1) is 0 Å². The van der Waals surface area contributed by atoms with Gasteiger partial charge in [0.1, 0.15) is 17.2 Å². The van der Waals surface area contributed by atoms with Crippen LogP contribution in [-0.2, 0) is 6.18 Å². The van der Waals surface area contributed by atoms with Crippen LogP contribution in [0.3, 0.4) is 0 Å². The van der Waals surface area contributed by atoms with Crippen LogP contribution in [0.5, 0.6) is 0 Å². The molecule has 0 radical (unpaired) electrons. The number of nitrogens with zero attached hydrogens (tertiary/aromatic N) is 3. The van der Waals surface area contributed by atoms with E-state index in [0.717, 1.165) is 37.2 Å². The van der Waals surface area contributed by atoms with Gasteiger partial charge in [-0.1, -0.05) is 24.6 Å². The lowest BCUT2D eigenvalue weighted by Gasteiger charge is -2.36. The second-order valence-corrected chi connectivity index (χ2v) is 8.59. The third kappa shape index (κ3) is 4.22. The molecular weight excluding hydrogens is 431 g/mol. The van der Waals surface area contributed by atoms with E-state index in [1.165, 1.54) is 4.90 Å². The van der Waals surface area contributed by atoms with Gasteiger partial charge in [-0.2, -0.15) is 18.3 Å². The average molecular weight is 458 g/mol. The number of pyridine rings is 1. The SMILES string of the molecule is C[C@H](N)c1nc(C(F)(F)F)cc2c(-c3cccc([C@H](C(=N)N(C)C=N)C4CCC4)c3)n[nH]c12. The molecule has 1 aliphatic rings. The summed E-state index contributed by atoms with van der Waals surface area (Å²) < 4.78 is 40.6. The van der Waals surface area contributed by atoms with Gasteiger partial charge >= 0.3 is 6.18 Å². The molecule has 3 aromatic rings. The third-order valence-electron chi connectivity index (χ3n) is 6.31. The Balaban J connectivity index is 1.84. The van der Waals surface area contributed by atoms with E-state index in [0.29, 0.717) is 28.0 Å². The molecule has 0 saturated heterocycles. The average Bonchev–Trinajstić information content (AvgIpc) is 3.17. The summed E-state index contributed by atoms with van der Waals surface area (Å²) in [6, 6.07) is 7.71. The van der Waals surface area contributed by atoms with Crippen LogP contribution in [0.1, 0.15) is 55.1 Å². The Labute approximate surface area is 189 Å². The maximum atomic E-state index is 13.5. The number of rotatable bonds is 6. The van der Waals surface area contributed by atoms with Crippen LogP contribution in [0, 0.1) is 16.7 Å². The van der Waals surface area contributed by atoms with E-state index in [9.17, 15) is 13.2 Å². The standard InChI is InChI=1S/C23H26F3N7/c1-12(28)19-21-16(10-17(30-19)23(24,25)26)20(31-32-21)15-8-4-7-14(9-15)18(13-5-3-6-13)22(29)33(2)11-27/h4,7-13,18,27,29H,3,5-6,28H2,1-2H3,(H,31,32)/t12-,18+/m0/s1. The van der Waals surface area contributed by atoms with Crippen LogP contribution in [0.2, 0.25) is 0 Å². The first kappa shape index (κ1) is 22.9. The van der Waals surface area contributed by atoms with Crippen molar-refractivity contribution >= 4 is 23.1 Å². The molecule has 5 N–H and O–H groups in total. The molecule has 174 valence electrons. The van der Waals surface area contributed by atoms with E-state index in [2.05, 4.69) is 15.2 Å². The molecule has 1 saturated carbocycles. The molecule has 4 rings (SSSR count). The number of amidine groups is 1. The van der Waals surface area contributed by atoms with Gasteiger partial charge in [0.05, 0.1) is 17.5 Å². The topological polar surface area (TPSA) is 119 Å². The number of aromatic nitrogens is 3. The number of alkyl halides is 3. The van der Waals surface area contributed by atoms with Gasteiger partial charge in [0, 0.05) is 30.0 Å². The molecule has 7 nitrogen and oxygen atoms in total. The lowest BCUT2D eigenvalue weighted by Crippen LogP contribution is -2.36. The molecule has 0 spiro atoms. The Bertz CT molecular complexity index is 1190. The number of fused-ring (bicyclic) bond motifs is 1. The Morgan fingerprint density at radius 2 is 2.03 bits per heavy atom. The predicted molar refractivity (Wildman–Crippen MR) is 121 cm³/mol. The first-order chi connectivity index (χ1) is 15.6. The maximum Gasteiger partial charge on any atom is 0.433 e. The highest BCUT2D eigenvalue weighted by Gasteiger charge is 2.35. The molecule has 0 unspecified atom stereocenters. The van der Waals surface area contributed by atoms with Gasteiger partial charge in [0.25, 0.3) is 0 Å². The highest BCUT2D eigenvalue weighted by molar-refractivity contribution is 5.96. The normalized spacial score (nSPS) is 16.3. The molecule has 2 atom stereocenters. The van der Waals surface area contributed by atoms with Crippen LogP contribution in [-0.4, -0.2) is 39.3 Å². The minimum absolute atomic E-state index is 0.108. The molecule has 33 heavy (non-hydrogen) atoms. The quantitative estimate of drug-likeness (QED) is 0.305. The second kappa shape index (κ2) is 8.58. The van der Waals surface area contributed by atoms with Crippen LogP contribution < -0.4 is 5.73 Å². The van der Waals surface area contributed by atoms with Gasteiger partial charge in [-0.3, -0.25) is 15.9 Å². The maximum absolute atomic E-state index is 13.5. The van der Waals surface area contributed by atoms with Gasteiger partial charge in [0.15, 0.2) is 0 Å². The van der Waals surface area contributed by atoms with Gasteiger partial charge in [0.2, 0.25) is 0 Å². The monoisotopic (exact) mass is 457 g/mol. The Morgan fingerprint density at radius 3 is 2.61 bits per heavy atom. The van der Waals surface area contributed by atoms with E-state index >= 15 is 0 Å². The summed E-state index contributed by atoms with van der Waals surface area (Å²) in [4.78, 5) is 5.22. The number of halogens is 3. The number of aromatic amines is 1. The van der Waals surface area contributed by atoms with Crippen molar-refractivity contribution in [1.29, 1.82) is 10.8 Å². The Hall–Kier alpha value is -3.27. The van der Waals surface area contributed by atoms with Crippen LogP contribution in [0.25, 0.3) is 22.2 Å². The minimum atomic E-state index is -4.62. The molecule has 0 amide bonds. The molecule has 1 fully saturated rings. The molecule has 0 bridgehead atoms. The lowest BCUT2D eigenvalue weighted by atomic mass is 9.72. The van der Waals surface area contributed by atoms with Crippen molar-refractivity contribution in [2.45, 2.75) is 44.3 Å². The smallest absolute Gasteiger partial charge is 0.324 e. The number of hydrogen-bond donors (Lipinski definition) is 4. The molecule has 10 heteroatoms. The number of nitrogens with one attached hydrogen (secondary N) is 3. The molecular formula is C23H26F3N7. The van der Waals surface area contributed by atoms with Crippen molar-refractivity contribution in [2.24, 2.45) is 11.7 Å². The zero-order valence-corrected chi connectivity index (χ0v) is 18.4. The highest BCUT2D eigenvalue weighted by Crippen LogP contribution is 2.42. The fourth-order valence-electron chi connectivity index (χ4n) is 4.33. The fourth-order valence-corrected chi connectivity index (χ4v) is 4.33. The molecule has 2 heterocycles. The van der Waals surface area contributed by atoms with E-state index in [4.69, 9.17) is 16.6 Å². The van der Waals surface area contributed by atoms with Crippen molar-refractivity contribution in [1.82, 2.24) is 20.1 Å². The van der Waals surface area contributed by atoms with Crippen molar-refractivity contribution in [3.05, 3.63) is 47.3 Å². The molecule has 1 aromatic carbocycles. The zero-order chi connectivity index (χ0) is 23.9. The van der Waals surface area contributed by atoms with Gasteiger partial charge < -0.3 is 10.6 Å². The number of hydrogen-bond acceptors (Lipinski definition) is 5. The predicted octanol–water partition coefficient (Wildman–Crippen LogP) is 5.06. The minimum Gasteiger partial charge on any atom is -0.324 e. The van der Waals surface area contributed by atoms with E-state index in [1.54, 1.807) is 20.0 Å². The van der Waals surface area contributed by atoms with Crippen LogP contribution in [0.4, 0.5) is 13.2 Å². The highest BCUT2D eigenvalue weighted by atomic mass is 19.4. The van der Waals surface area contributed by atoms with E-state index in [1.807, 2.05) is 18.2 Å². The first-order valence-electron chi connectivity index (χ1n) is 10.8. The summed E-state index contributed by atoms with van der Waals surface area (Å²) in [6.07, 6.45) is -0.421. The summed E-state index contributed by atoms with van der Waals surface area (Å²) in [7, 11) is 1.67. The third-order valence-corrected chi connectivity index (χ3v) is 6.31. The van der Waals surface area contributed by atoms with Crippen molar-refractivity contribution < 1.29 is 13.2 Å². The van der Waals surface area contributed by atoms with Crippen molar-refractivity contribution in [3.8, 4) is 11.3 Å². The van der Waals surface area contributed by atoms with Gasteiger partial charge in [-0.05, 0) is 43.4 Å². The van der Waals surface area contributed by atoms with E-state index in [-0.39, 0.29) is 17.5 Å². The zero-order valence-electron chi connectivity index (χ0n) is 18.4. The van der Waals surface area contributed by atoms with Gasteiger partial charge in [-0.25, -0.2) is 4.98 Å². The summed E-state index contributed by atoms with van der Waals surface area (Å²) >= 11 is 0. The summed E-state index contributed by atoms with van der Waals surface area (Å²) in [5.74, 6) is 0.404. The second-order valence-electron chi connectivity index (χ2n) is 8.59. The largest absolute Gasteiger partial charge is 0.433 e. The van der Waals surface area contributed by atoms with E-state index < -0.39 is 17.9 Å². The fraction of sp³-hybridized carbons (Fsp3) is 0.391. The summed E-state index contributed by atoms with van der Waals surface area (Å²) in [6.45, 7) is 1.58. The first-order valence-corrected chi connectivity index (χ1v) is 10.8.